The lowest BCUT2D eigenvalue weighted by Crippen LogP contribution is -2.39. The molecular formula is C14H16N2O3. The van der Waals surface area contributed by atoms with Gasteiger partial charge in [0.05, 0.1) is 6.42 Å². The van der Waals surface area contributed by atoms with Gasteiger partial charge in [-0.2, -0.15) is 0 Å². The minimum Gasteiger partial charge on any atom is -0.480 e. The molecule has 0 aliphatic heterocycles. The van der Waals surface area contributed by atoms with E-state index in [0.717, 1.165) is 16.5 Å². The van der Waals surface area contributed by atoms with Gasteiger partial charge in [-0.15, -0.1) is 0 Å². The highest BCUT2D eigenvalue weighted by molar-refractivity contribution is 5.90. The largest absolute Gasteiger partial charge is 0.480 e. The Balaban J connectivity index is 2.18. The highest BCUT2D eigenvalue weighted by Gasteiger charge is 2.15. The molecule has 0 unspecified atom stereocenters. The van der Waals surface area contributed by atoms with Crippen molar-refractivity contribution >= 4 is 22.8 Å². The molecule has 0 bridgehead atoms. The van der Waals surface area contributed by atoms with E-state index < -0.39 is 12.0 Å². The number of hydrogen-bond acceptors (Lipinski definition) is 2. The fraction of sp³-hybridized carbons (Fsp3) is 0.286. The minimum absolute atomic E-state index is 0.180. The number of para-hydroxylation sites is 1. The van der Waals surface area contributed by atoms with Gasteiger partial charge >= 0.3 is 5.97 Å². The second-order valence-corrected chi connectivity index (χ2v) is 4.59. The number of carboxylic acid groups (broad SMARTS) is 1. The van der Waals surface area contributed by atoms with E-state index in [1.165, 1.54) is 6.92 Å². The van der Waals surface area contributed by atoms with Crippen LogP contribution in [0.25, 0.3) is 10.9 Å². The van der Waals surface area contributed by atoms with Crippen molar-refractivity contribution in [1.29, 1.82) is 0 Å². The highest BCUT2D eigenvalue weighted by atomic mass is 16.4. The third-order valence-corrected chi connectivity index (χ3v) is 3.08. The molecule has 0 fully saturated rings. The molecule has 1 aromatic carbocycles. The van der Waals surface area contributed by atoms with E-state index in [2.05, 4.69) is 5.32 Å². The van der Waals surface area contributed by atoms with Gasteiger partial charge in [-0.25, -0.2) is 0 Å². The van der Waals surface area contributed by atoms with Crippen LogP contribution in [0.15, 0.2) is 30.5 Å². The zero-order chi connectivity index (χ0) is 14.0. The number of benzene rings is 1. The third-order valence-electron chi connectivity index (χ3n) is 3.08. The molecule has 1 aromatic heterocycles. The summed E-state index contributed by atoms with van der Waals surface area (Å²) >= 11 is 0. The maximum absolute atomic E-state index is 11.8. The van der Waals surface area contributed by atoms with E-state index in [9.17, 15) is 9.59 Å². The smallest absolute Gasteiger partial charge is 0.325 e. The molecule has 2 aromatic rings. The number of carbonyl (C=O) groups is 2. The van der Waals surface area contributed by atoms with Crippen molar-refractivity contribution in [3.63, 3.8) is 0 Å². The molecule has 2 rings (SSSR count). The number of nitrogens with one attached hydrogen (secondary N) is 1. The third kappa shape index (κ3) is 2.76. The predicted octanol–water partition coefficient (Wildman–Crippen LogP) is 1.31. The second-order valence-electron chi connectivity index (χ2n) is 4.59. The molecule has 0 radical (unpaired) electrons. The number of rotatable bonds is 4. The SMILES string of the molecule is C[C@H](NC(=O)Cc1cn(C)c2ccccc12)C(=O)O. The van der Waals surface area contributed by atoms with Crippen LogP contribution in [0.4, 0.5) is 0 Å². The molecule has 0 aliphatic carbocycles. The molecule has 5 nitrogen and oxygen atoms in total. The average molecular weight is 260 g/mol. The van der Waals surface area contributed by atoms with Crippen LogP contribution in [-0.4, -0.2) is 27.6 Å². The fourth-order valence-corrected chi connectivity index (χ4v) is 2.09. The summed E-state index contributed by atoms with van der Waals surface area (Å²) in [5.74, 6) is -1.32. The normalized spacial score (nSPS) is 12.3. The van der Waals surface area contributed by atoms with E-state index in [1.54, 1.807) is 0 Å². The van der Waals surface area contributed by atoms with Crippen LogP contribution in [0, 0.1) is 0 Å². The van der Waals surface area contributed by atoms with Crippen LogP contribution >= 0.6 is 0 Å². The Hall–Kier alpha value is -2.30. The van der Waals surface area contributed by atoms with Crippen LogP contribution in [0.2, 0.25) is 0 Å². The Labute approximate surface area is 110 Å². The van der Waals surface area contributed by atoms with E-state index in [-0.39, 0.29) is 12.3 Å². The van der Waals surface area contributed by atoms with Gasteiger partial charge in [-0.3, -0.25) is 9.59 Å². The van der Waals surface area contributed by atoms with Gasteiger partial charge in [0.25, 0.3) is 0 Å². The van der Waals surface area contributed by atoms with Gasteiger partial charge in [-0.05, 0) is 18.6 Å². The number of aliphatic carboxylic acids is 1. The van der Waals surface area contributed by atoms with Crippen molar-refractivity contribution in [2.45, 2.75) is 19.4 Å². The lowest BCUT2D eigenvalue weighted by molar-refractivity contribution is -0.141. The van der Waals surface area contributed by atoms with E-state index in [0.29, 0.717) is 0 Å². The first-order chi connectivity index (χ1) is 8.99. The van der Waals surface area contributed by atoms with Gasteiger partial charge in [0.2, 0.25) is 5.91 Å². The van der Waals surface area contributed by atoms with Gasteiger partial charge in [0.15, 0.2) is 0 Å². The summed E-state index contributed by atoms with van der Waals surface area (Å²) in [5.41, 5.74) is 1.95. The maximum Gasteiger partial charge on any atom is 0.325 e. The molecule has 100 valence electrons. The Kier molecular flexibility index (Phi) is 3.55. The number of aryl methyl sites for hydroxylation is 1. The summed E-state index contributed by atoms with van der Waals surface area (Å²) in [6.45, 7) is 1.45. The Morgan fingerprint density at radius 1 is 1.37 bits per heavy atom. The van der Waals surface area contributed by atoms with Crippen molar-refractivity contribution < 1.29 is 14.7 Å². The van der Waals surface area contributed by atoms with Gasteiger partial charge in [0.1, 0.15) is 6.04 Å². The molecule has 1 atom stereocenters. The molecule has 0 saturated carbocycles. The minimum atomic E-state index is -1.04. The van der Waals surface area contributed by atoms with Crippen LogP contribution in [0.5, 0.6) is 0 Å². The van der Waals surface area contributed by atoms with Gasteiger partial charge in [-0.1, -0.05) is 18.2 Å². The van der Waals surface area contributed by atoms with E-state index in [1.807, 2.05) is 42.1 Å². The van der Waals surface area contributed by atoms with Crippen molar-refractivity contribution in [2.75, 3.05) is 0 Å². The number of aromatic nitrogens is 1. The summed E-state index contributed by atoms with van der Waals surface area (Å²) < 4.78 is 1.96. The fourth-order valence-electron chi connectivity index (χ4n) is 2.09. The van der Waals surface area contributed by atoms with E-state index >= 15 is 0 Å². The number of amides is 1. The summed E-state index contributed by atoms with van der Waals surface area (Å²) in [5, 5.41) is 12.2. The Bertz CT molecular complexity index is 631. The molecule has 1 heterocycles. The molecule has 5 heteroatoms. The number of fused-ring (bicyclic) bond motifs is 1. The average Bonchev–Trinajstić information content (AvgIpc) is 2.67. The number of carbonyl (C=O) groups excluding carboxylic acids is 1. The molecule has 0 spiro atoms. The monoisotopic (exact) mass is 260 g/mol. The summed E-state index contributed by atoms with van der Waals surface area (Å²) in [7, 11) is 1.92. The van der Waals surface area contributed by atoms with Crippen LogP contribution in [0.3, 0.4) is 0 Å². The first-order valence-electron chi connectivity index (χ1n) is 6.04. The summed E-state index contributed by atoms with van der Waals surface area (Å²) in [4.78, 5) is 22.5. The van der Waals surface area contributed by atoms with Crippen LogP contribution in [-0.2, 0) is 23.1 Å². The first-order valence-corrected chi connectivity index (χ1v) is 6.04. The van der Waals surface area contributed by atoms with Gasteiger partial charge in [0, 0.05) is 24.1 Å². The highest BCUT2D eigenvalue weighted by Crippen LogP contribution is 2.20. The van der Waals surface area contributed by atoms with Crippen molar-refractivity contribution in [1.82, 2.24) is 9.88 Å². The topological polar surface area (TPSA) is 71.3 Å². The van der Waals surface area contributed by atoms with Crippen molar-refractivity contribution in [3.8, 4) is 0 Å². The molecular weight excluding hydrogens is 244 g/mol. The van der Waals surface area contributed by atoms with Crippen molar-refractivity contribution in [3.05, 3.63) is 36.0 Å². The Morgan fingerprint density at radius 3 is 2.74 bits per heavy atom. The molecule has 2 N–H and O–H groups in total. The first kappa shape index (κ1) is 13.1. The van der Waals surface area contributed by atoms with Crippen LogP contribution < -0.4 is 5.32 Å². The zero-order valence-electron chi connectivity index (χ0n) is 10.9. The lowest BCUT2D eigenvalue weighted by Gasteiger charge is -2.08. The molecule has 19 heavy (non-hydrogen) atoms. The number of carboxylic acids is 1. The quantitative estimate of drug-likeness (QED) is 0.870. The molecule has 0 aliphatic rings. The standard InChI is InChI=1S/C14H16N2O3/c1-9(14(18)19)15-13(17)7-10-8-16(2)12-6-4-3-5-11(10)12/h3-6,8-9H,7H2,1-2H3,(H,15,17)(H,18,19)/t9-/m0/s1. The van der Waals surface area contributed by atoms with Crippen LogP contribution in [0.1, 0.15) is 12.5 Å². The summed E-state index contributed by atoms with van der Waals surface area (Å²) in [6.07, 6.45) is 2.08. The summed E-state index contributed by atoms with van der Waals surface area (Å²) in [6, 6.07) is 6.93. The second kappa shape index (κ2) is 5.14. The zero-order valence-corrected chi connectivity index (χ0v) is 10.9. The number of nitrogens with zero attached hydrogens (tertiary/aromatic N) is 1. The predicted molar refractivity (Wildman–Crippen MR) is 71.9 cm³/mol. The van der Waals surface area contributed by atoms with E-state index in [4.69, 9.17) is 5.11 Å². The molecule has 1 amide bonds. The van der Waals surface area contributed by atoms with Crippen molar-refractivity contribution in [2.24, 2.45) is 7.05 Å². The Morgan fingerprint density at radius 2 is 2.05 bits per heavy atom. The number of hydrogen-bond donors (Lipinski definition) is 2. The lowest BCUT2D eigenvalue weighted by atomic mass is 10.1. The van der Waals surface area contributed by atoms with Gasteiger partial charge < -0.3 is 15.0 Å². The maximum atomic E-state index is 11.8. The molecule has 0 saturated heterocycles.